The fourth-order valence-corrected chi connectivity index (χ4v) is 3.32. The molecule has 6 atom stereocenters. The molecule has 6 unspecified atom stereocenters. The standard InChI is InChI=1S/C17H20O8/c1-7-4-12(19)25-11-5-8(2-3-9(7)11)24-17(23)13-14(20)10(6-18)15(21)16(13)22/h2-5,10,13-18,20-23H,6H2,1H3. The summed E-state index contributed by atoms with van der Waals surface area (Å²) in [6, 6.07) is 5.98. The van der Waals surface area contributed by atoms with E-state index in [0.717, 1.165) is 5.56 Å². The molecule has 1 aromatic heterocycles. The van der Waals surface area contributed by atoms with Crippen molar-refractivity contribution in [3.63, 3.8) is 0 Å². The van der Waals surface area contributed by atoms with Gasteiger partial charge in [-0.1, -0.05) is 0 Å². The van der Waals surface area contributed by atoms with Crippen LogP contribution in [0.2, 0.25) is 0 Å². The predicted molar refractivity (Wildman–Crippen MR) is 85.9 cm³/mol. The van der Waals surface area contributed by atoms with Crippen molar-refractivity contribution in [1.29, 1.82) is 0 Å². The van der Waals surface area contributed by atoms with Crippen LogP contribution in [0.15, 0.2) is 33.5 Å². The van der Waals surface area contributed by atoms with Gasteiger partial charge in [-0.25, -0.2) is 4.79 Å². The van der Waals surface area contributed by atoms with Crippen molar-refractivity contribution in [3.05, 3.63) is 40.2 Å². The van der Waals surface area contributed by atoms with Gasteiger partial charge in [-0.15, -0.1) is 0 Å². The van der Waals surface area contributed by atoms with Crippen molar-refractivity contribution in [1.82, 2.24) is 0 Å². The molecule has 5 N–H and O–H groups in total. The van der Waals surface area contributed by atoms with Crippen molar-refractivity contribution >= 4 is 11.0 Å². The van der Waals surface area contributed by atoms with Gasteiger partial charge in [-0.3, -0.25) is 0 Å². The van der Waals surface area contributed by atoms with Crippen molar-refractivity contribution in [2.24, 2.45) is 11.8 Å². The van der Waals surface area contributed by atoms with Crippen LogP contribution >= 0.6 is 0 Å². The Labute approximate surface area is 142 Å². The van der Waals surface area contributed by atoms with Gasteiger partial charge in [0.05, 0.1) is 30.8 Å². The second-order valence-corrected chi connectivity index (χ2v) is 6.31. The highest BCUT2D eigenvalue weighted by Crippen LogP contribution is 2.35. The lowest BCUT2D eigenvalue weighted by atomic mass is 10.00. The van der Waals surface area contributed by atoms with Crippen LogP contribution in [0.4, 0.5) is 0 Å². The molecular formula is C17H20O8. The average molecular weight is 352 g/mol. The number of aryl methyl sites for hydroxylation is 1. The fraction of sp³-hybridized carbons (Fsp3) is 0.471. The van der Waals surface area contributed by atoms with Gasteiger partial charge in [-0.05, 0) is 24.6 Å². The van der Waals surface area contributed by atoms with E-state index in [4.69, 9.17) is 9.15 Å². The molecule has 1 saturated carbocycles. The molecule has 1 aromatic carbocycles. The van der Waals surface area contributed by atoms with Gasteiger partial charge in [0.1, 0.15) is 11.3 Å². The lowest BCUT2D eigenvalue weighted by molar-refractivity contribution is -0.127. The molecule has 0 spiro atoms. The van der Waals surface area contributed by atoms with Gasteiger partial charge in [0.2, 0.25) is 6.29 Å². The molecule has 3 rings (SSSR count). The van der Waals surface area contributed by atoms with E-state index in [1.54, 1.807) is 19.1 Å². The smallest absolute Gasteiger partial charge is 0.336 e. The van der Waals surface area contributed by atoms with Crippen LogP contribution in [0.3, 0.4) is 0 Å². The number of hydrogen-bond donors (Lipinski definition) is 5. The first kappa shape index (κ1) is 17.8. The van der Waals surface area contributed by atoms with E-state index in [1.807, 2.05) is 0 Å². The Hall–Kier alpha value is -1.97. The lowest BCUT2D eigenvalue weighted by Gasteiger charge is -2.25. The average Bonchev–Trinajstić information content (AvgIpc) is 2.76. The second-order valence-electron chi connectivity index (χ2n) is 6.31. The Kier molecular flexibility index (Phi) is 4.81. The highest BCUT2D eigenvalue weighted by atomic mass is 16.6. The summed E-state index contributed by atoms with van der Waals surface area (Å²) in [5, 5.41) is 50.1. The lowest BCUT2D eigenvalue weighted by Crippen LogP contribution is -2.40. The van der Waals surface area contributed by atoms with Crippen molar-refractivity contribution in [2.75, 3.05) is 6.61 Å². The molecule has 1 heterocycles. The Balaban J connectivity index is 1.84. The number of ether oxygens (including phenoxy) is 1. The van der Waals surface area contributed by atoms with Crippen LogP contribution in [0.5, 0.6) is 5.75 Å². The van der Waals surface area contributed by atoms with Crippen LogP contribution in [-0.4, -0.2) is 56.7 Å². The van der Waals surface area contributed by atoms with Crippen molar-refractivity contribution < 1.29 is 34.7 Å². The first-order chi connectivity index (χ1) is 11.8. The van der Waals surface area contributed by atoms with Crippen LogP contribution < -0.4 is 10.4 Å². The van der Waals surface area contributed by atoms with Crippen LogP contribution in [0.25, 0.3) is 11.0 Å². The highest BCUT2D eigenvalue weighted by molar-refractivity contribution is 5.81. The third kappa shape index (κ3) is 3.14. The maximum Gasteiger partial charge on any atom is 0.336 e. The zero-order valence-corrected chi connectivity index (χ0v) is 13.4. The molecule has 8 heteroatoms. The van der Waals surface area contributed by atoms with E-state index in [1.165, 1.54) is 12.1 Å². The number of aliphatic hydroxyl groups excluding tert-OH is 5. The van der Waals surface area contributed by atoms with Gasteiger partial charge in [0.15, 0.2) is 0 Å². The summed E-state index contributed by atoms with van der Waals surface area (Å²) in [7, 11) is 0. The first-order valence-electron chi connectivity index (χ1n) is 7.87. The van der Waals surface area contributed by atoms with E-state index in [2.05, 4.69) is 0 Å². The van der Waals surface area contributed by atoms with Gasteiger partial charge in [0, 0.05) is 23.4 Å². The molecule has 25 heavy (non-hydrogen) atoms. The van der Waals surface area contributed by atoms with E-state index >= 15 is 0 Å². The van der Waals surface area contributed by atoms with Crippen LogP contribution in [0.1, 0.15) is 5.56 Å². The number of aliphatic hydroxyl groups is 5. The summed E-state index contributed by atoms with van der Waals surface area (Å²) >= 11 is 0. The molecule has 0 amide bonds. The summed E-state index contributed by atoms with van der Waals surface area (Å²) in [5.41, 5.74) is 0.489. The van der Waals surface area contributed by atoms with E-state index in [0.29, 0.717) is 5.39 Å². The SMILES string of the molecule is Cc1cc(=O)oc2cc(OC(O)C3C(O)C(O)C(CO)C3O)ccc12. The summed E-state index contributed by atoms with van der Waals surface area (Å²) in [5.74, 6) is -2.02. The highest BCUT2D eigenvalue weighted by Gasteiger charge is 2.52. The third-order valence-electron chi connectivity index (χ3n) is 4.74. The molecular weight excluding hydrogens is 332 g/mol. The Morgan fingerprint density at radius 2 is 1.88 bits per heavy atom. The maximum atomic E-state index is 11.5. The third-order valence-corrected chi connectivity index (χ3v) is 4.74. The summed E-state index contributed by atoms with van der Waals surface area (Å²) in [6.45, 7) is 1.22. The summed E-state index contributed by atoms with van der Waals surface area (Å²) in [4.78, 5) is 11.5. The van der Waals surface area contributed by atoms with E-state index < -0.39 is 48.7 Å². The van der Waals surface area contributed by atoms with Gasteiger partial charge < -0.3 is 34.7 Å². The quantitative estimate of drug-likeness (QED) is 0.353. The molecule has 0 radical (unpaired) electrons. The van der Waals surface area contributed by atoms with Gasteiger partial charge in [-0.2, -0.15) is 0 Å². The maximum absolute atomic E-state index is 11.5. The first-order valence-corrected chi connectivity index (χ1v) is 7.87. The Bertz CT molecular complexity index is 816. The minimum absolute atomic E-state index is 0.162. The molecule has 0 bridgehead atoms. The molecule has 2 aromatic rings. The Morgan fingerprint density at radius 1 is 1.16 bits per heavy atom. The monoisotopic (exact) mass is 352 g/mol. The van der Waals surface area contributed by atoms with Crippen LogP contribution in [-0.2, 0) is 0 Å². The molecule has 0 saturated heterocycles. The molecule has 1 fully saturated rings. The molecule has 1 aliphatic carbocycles. The van der Waals surface area contributed by atoms with Crippen molar-refractivity contribution in [2.45, 2.75) is 31.5 Å². The summed E-state index contributed by atoms with van der Waals surface area (Å²) in [6.07, 6.45) is -5.81. The van der Waals surface area contributed by atoms with Crippen LogP contribution in [0, 0.1) is 18.8 Å². The Morgan fingerprint density at radius 3 is 2.52 bits per heavy atom. The second kappa shape index (κ2) is 6.74. The number of benzene rings is 1. The topological polar surface area (TPSA) is 141 Å². The van der Waals surface area contributed by atoms with Crippen molar-refractivity contribution in [3.8, 4) is 5.75 Å². The molecule has 1 aliphatic rings. The van der Waals surface area contributed by atoms with E-state index in [-0.39, 0.29) is 11.3 Å². The van der Waals surface area contributed by atoms with Gasteiger partial charge >= 0.3 is 5.63 Å². The molecule has 8 nitrogen and oxygen atoms in total. The zero-order chi connectivity index (χ0) is 18.3. The van der Waals surface area contributed by atoms with Gasteiger partial charge in [0.25, 0.3) is 0 Å². The number of hydrogen-bond acceptors (Lipinski definition) is 8. The molecule has 136 valence electrons. The molecule has 0 aliphatic heterocycles. The normalized spacial score (nSPS) is 30.6. The summed E-state index contributed by atoms with van der Waals surface area (Å²) < 4.78 is 10.4. The largest absolute Gasteiger partial charge is 0.464 e. The minimum atomic E-state index is -1.63. The fourth-order valence-electron chi connectivity index (χ4n) is 3.32. The van der Waals surface area contributed by atoms with E-state index in [9.17, 15) is 30.3 Å². The zero-order valence-electron chi connectivity index (χ0n) is 13.4. The minimum Gasteiger partial charge on any atom is -0.464 e. The number of rotatable bonds is 4. The predicted octanol–water partition coefficient (Wildman–Crippen LogP) is -0.880. The number of fused-ring (bicyclic) bond motifs is 1.